The standard InChI is InChI=1S/C18H31N3O/c1-12(2)11-20-15(6)17(14(5)19-20)9-10-18(22)21(13(3)4)16-7-8-16/h12-13,16H,7-11H2,1-6H3. The molecule has 1 aliphatic carbocycles. The second-order valence-electron chi connectivity index (χ2n) is 7.35. The van der Waals surface area contributed by atoms with Crippen molar-refractivity contribution < 1.29 is 4.79 Å². The predicted octanol–water partition coefficient (Wildman–Crippen LogP) is 3.49. The van der Waals surface area contributed by atoms with E-state index in [1.165, 1.54) is 24.1 Å². The molecule has 0 bridgehead atoms. The Morgan fingerprint density at radius 2 is 1.91 bits per heavy atom. The first-order valence-electron chi connectivity index (χ1n) is 8.65. The third kappa shape index (κ3) is 3.90. The SMILES string of the molecule is Cc1nn(CC(C)C)c(C)c1CCC(=O)N(C(C)C)C1CC1. The lowest BCUT2D eigenvalue weighted by Gasteiger charge is -2.26. The molecule has 4 nitrogen and oxygen atoms in total. The van der Waals surface area contributed by atoms with E-state index >= 15 is 0 Å². The minimum Gasteiger partial charge on any atom is -0.337 e. The monoisotopic (exact) mass is 305 g/mol. The number of nitrogens with zero attached hydrogens (tertiary/aromatic N) is 3. The van der Waals surface area contributed by atoms with Crippen molar-refractivity contribution in [3.8, 4) is 0 Å². The van der Waals surface area contributed by atoms with Crippen molar-refractivity contribution in [3.05, 3.63) is 17.0 Å². The quantitative estimate of drug-likeness (QED) is 0.773. The first-order valence-corrected chi connectivity index (χ1v) is 8.65. The van der Waals surface area contributed by atoms with Gasteiger partial charge in [-0.2, -0.15) is 5.10 Å². The largest absolute Gasteiger partial charge is 0.337 e. The highest BCUT2D eigenvalue weighted by Crippen LogP contribution is 2.29. The van der Waals surface area contributed by atoms with E-state index in [0.717, 1.165) is 18.7 Å². The van der Waals surface area contributed by atoms with Gasteiger partial charge >= 0.3 is 0 Å². The summed E-state index contributed by atoms with van der Waals surface area (Å²) in [4.78, 5) is 14.6. The fourth-order valence-corrected chi connectivity index (χ4v) is 3.25. The molecule has 0 aromatic carbocycles. The van der Waals surface area contributed by atoms with E-state index in [9.17, 15) is 4.79 Å². The second kappa shape index (κ2) is 6.84. The Morgan fingerprint density at radius 1 is 1.27 bits per heavy atom. The summed E-state index contributed by atoms with van der Waals surface area (Å²) in [5.41, 5.74) is 3.56. The molecule has 1 saturated carbocycles. The van der Waals surface area contributed by atoms with Crippen molar-refractivity contribution >= 4 is 5.91 Å². The molecule has 1 fully saturated rings. The van der Waals surface area contributed by atoms with E-state index < -0.39 is 0 Å². The molecule has 0 atom stereocenters. The van der Waals surface area contributed by atoms with Gasteiger partial charge in [-0.1, -0.05) is 13.8 Å². The van der Waals surface area contributed by atoms with Gasteiger partial charge in [0.2, 0.25) is 5.91 Å². The molecule has 1 amide bonds. The summed E-state index contributed by atoms with van der Waals surface area (Å²) < 4.78 is 2.10. The molecule has 1 aromatic rings. The summed E-state index contributed by atoms with van der Waals surface area (Å²) >= 11 is 0. The molecular weight excluding hydrogens is 274 g/mol. The normalized spacial score (nSPS) is 14.9. The molecule has 0 N–H and O–H groups in total. The van der Waals surface area contributed by atoms with Gasteiger partial charge in [0.15, 0.2) is 0 Å². The van der Waals surface area contributed by atoms with Gasteiger partial charge < -0.3 is 4.90 Å². The highest BCUT2D eigenvalue weighted by molar-refractivity contribution is 5.77. The fourth-order valence-electron chi connectivity index (χ4n) is 3.25. The summed E-state index contributed by atoms with van der Waals surface area (Å²) in [6, 6.07) is 0.809. The lowest BCUT2D eigenvalue weighted by Crippen LogP contribution is -2.38. The van der Waals surface area contributed by atoms with E-state index in [0.29, 0.717) is 30.3 Å². The Kier molecular flexibility index (Phi) is 5.30. The number of carbonyl (C=O) groups is 1. The van der Waals surface area contributed by atoms with Crippen LogP contribution in [0, 0.1) is 19.8 Å². The van der Waals surface area contributed by atoms with Crippen molar-refractivity contribution in [2.24, 2.45) is 5.92 Å². The van der Waals surface area contributed by atoms with Gasteiger partial charge in [0.25, 0.3) is 0 Å². The highest BCUT2D eigenvalue weighted by atomic mass is 16.2. The fraction of sp³-hybridized carbons (Fsp3) is 0.778. The van der Waals surface area contributed by atoms with Crippen LogP contribution in [0.1, 0.15) is 63.9 Å². The zero-order valence-corrected chi connectivity index (χ0v) is 15.0. The molecular formula is C18H31N3O. The molecule has 0 unspecified atom stereocenters. The summed E-state index contributed by atoms with van der Waals surface area (Å²) in [5.74, 6) is 0.881. The Morgan fingerprint density at radius 3 is 2.41 bits per heavy atom. The number of aryl methyl sites for hydroxylation is 1. The number of rotatable bonds is 7. The van der Waals surface area contributed by atoms with Crippen molar-refractivity contribution in [2.45, 2.75) is 85.9 Å². The average molecular weight is 305 g/mol. The van der Waals surface area contributed by atoms with Gasteiger partial charge in [0, 0.05) is 30.7 Å². The van der Waals surface area contributed by atoms with Crippen molar-refractivity contribution in [1.29, 1.82) is 0 Å². The Labute approximate surface area is 134 Å². The number of amides is 1. The van der Waals surface area contributed by atoms with Crippen LogP contribution in [0.2, 0.25) is 0 Å². The third-order valence-electron chi connectivity index (χ3n) is 4.44. The van der Waals surface area contributed by atoms with Crippen molar-refractivity contribution in [3.63, 3.8) is 0 Å². The molecule has 4 heteroatoms. The molecule has 0 spiro atoms. The number of carbonyl (C=O) groups excluding carboxylic acids is 1. The van der Waals surface area contributed by atoms with Crippen LogP contribution in [0.25, 0.3) is 0 Å². The van der Waals surface area contributed by atoms with E-state index in [4.69, 9.17) is 0 Å². The molecule has 124 valence electrons. The maximum absolute atomic E-state index is 12.5. The number of hydrogen-bond acceptors (Lipinski definition) is 2. The minimum absolute atomic E-state index is 0.299. The van der Waals surface area contributed by atoms with Gasteiger partial charge in [0.1, 0.15) is 0 Å². The first kappa shape index (κ1) is 17.0. The van der Waals surface area contributed by atoms with E-state index in [1.54, 1.807) is 0 Å². The number of aromatic nitrogens is 2. The predicted molar refractivity (Wildman–Crippen MR) is 89.9 cm³/mol. The van der Waals surface area contributed by atoms with Crippen LogP contribution >= 0.6 is 0 Å². The summed E-state index contributed by atoms with van der Waals surface area (Å²) in [5, 5.41) is 4.65. The Hall–Kier alpha value is -1.32. The Balaban J connectivity index is 2.02. The van der Waals surface area contributed by atoms with Crippen LogP contribution in [0.3, 0.4) is 0 Å². The van der Waals surface area contributed by atoms with Crippen LogP contribution in [-0.4, -0.2) is 32.7 Å². The summed E-state index contributed by atoms with van der Waals surface area (Å²) in [6.07, 6.45) is 3.76. The van der Waals surface area contributed by atoms with Gasteiger partial charge in [0.05, 0.1) is 5.69 Å². The van der Waals surface area contributed by atoms with Crippen LogP contribution in [0.4, 0.5) is 0 Å². The van der Waals surface area contributed by atoms with E-state index in [2.05, 4.69) is 56.2 Å². The zero-order chi connectivity index (χ0) is 16.4. The molecule has 0 aliphatic heterocycles. The lowest BCUT2D eigenvalue weighted by molar-refractivity contribution is -0.133. The maximum Gasteiger partial charge on any atom is 0.223 e. The maximum atomic E-state index is 12.5. The highest BCUT2D eigenvalue weighted by Gasteiger charge is 2.33. The minimum atomic E-state index is 0.299. The lowest BCUT2D eigenvalue weighted by atomic mass is 10.1. The van der Waals surface area contributed by atoms with Gasteiger partial charge in [-0.15, -0.1) is 0 Å². The molecule has 0 saturated heterocycles. The molecule has 1 heterocycles. The van der Waals surface area contributed by atoms with Crippen molar-refractivity contribution in [2.75, 3.05) is 0 Å². The van der Waals surface area contributed by atoms with E-state index in [1.807, 2.05) is 0 Å². The van der Waals surface area contributed by atoms with E-state index in [-0.39, 0.29) is 0 Å². The smallest absolute Gasteiger partial charge is 0.223 e. The van der Waals surface area contributed by atoms with Gasteiger partial charge in [-0.3, -0.25) is 9.48 Å². The first-order chi connectivity index (χ1) is 10.3. The summed E-state index contributed by atoms with van der Waals surface area (Å²) in [6.45, 7) is 13.8. The third-order valence-corrected chi connectivity index (χ3v) is 4.44. The van der Waals surface area contributed by atoms with Crippen LogP contribution in [0.5, 0.6) is 0 Å². The van der Waals surface area contributed by atoms with Gasteiger partial charge in [-0.25, -0.2) is 0 Å². The van der Waals surface area contributed by atoms with Crippen LogP contribution < -0.4 is 0 Å². The zero-order valence-electron chi connectivity index (χ0n) is 15.0. The van der Waals surface area contributed by atoms with Crippen molar-refractivity contribution in [1.82, 2.24) is 14.7 Å². The molecule has 1 aromatic heterocycles. The summed E-state index contributed by atoms with van der Waals surface area (Å²) in [7, 11) is 0. The van der Waals surface area contributed by atoms with Gasteiger partial charge in [-0.05, 0) is 58.4 Å². The molecule has 2 rings (SSSR count). The Bertz CT molecular complexity index is 525. The molecule has 1 aliphatic rings. The molecule has 0 radical (unpaired) electrons. The number of hydrogen-bond donors (Lipinski definition) is 0. The van der Waals surface area contributed by atoms with Crippen LogP contribution in [-0.2, 0) is 17.8 Å². The average Bonchev–Trinajstić information content (AvgIpc) is 3.17. The topological polar surface area (TPSA) is 38.1 Å². The van der Waals surface area contributed by atoms with Crippen LogP contribution in [0.15, 0.2) is 0 Å². The molecule has 22 heavy (non-hydrogen) atoms. The second-order valence-corrected chi connectivity index (χ2v) is 7.35.